The van der Waals surface area contributed by atoms with Crippen LogP contribution in [0, 0.1) is 19.3 Å². The molecule has 7 N–H and O–H groups in total. The summed E-state index contributed by atoms with van der Waals surface area (Å²) in [5.74, 6) is 0.0890. The Hall–Kier alpha value is -3.82. The first kappa shape index (κ1) is 29.2. The number of hydrogen-bond acceptors (Lipinski definition) is 7. The second-order valence-corrected chi connectivity index (χ2v) is 11.0. The number of carbonyl (C=O) groups excluding carboxylic acids is 1. The second-order valence-electron chi connectivity index (χ2n) is 11.0. The SMILES string of the molecule is Cc1cc(C)c(CNC(=O)c2cc(-c3cccc(CNC4CCCCC4N)c3)nc(NC(C)C)c2C=N)c(=O)[nH]1. The first-order valence-electron chi connectivity index (χ1n) is 14.0. The molecule has 2 atom stereocenters. The lowest BCUT2D eigenvalue weighted by molar-refractivity contribution is 0.0950. The third-order valence-electron chi connectivity index (χ3n) is 7.40. The van der Waals surface area contributed by atoms with Gasteiger partial charge in [0.15, 0.2) is 0 Å². The molecular weight excluding hydrogens is 502 g/mol. The fraction of sp³-hybridized carbons (Fsp3) is 0.419. The van der Waals surface area contributed by atoms with Crippen molar-refractivity contribution in [3.05, 3.63) is 80.3 Å². The van der Waals surface area contributed by atoms with Gasteiger partial charge < -0.3 is 32.1 Å². The third-order valence-corrected chi connectivity index (χ3v) is 7.40. The molecule has 0 spiro atoms. The molecule has 4 rings (SSSR count). The zero-order valence-electron chi connectivity index (χ0n) is 23.9. The molecule has 0 aliphatic heterocycles. The molecule has 1 aromatic carbocycles. The summed E-state index contributed by atoms with van der Waals surface area (Å²) in [4.78, 5) is 33.6. The molecule has 0 saturated heterocycles. The van der Waals surface area contributed by atoms with Gasteiger partial charge in [-0.2, -0.15) is 0 Å². The average molecular weight is 544 g/mol. The number of nitrogens with one attached hydrogen (secondary N) is 5. The van der Waals surface area contributed by atoms with Gasteiger partial charge in [0.1, 0.15) is 5.82 Å². The van der Waals surface area contributed by atoms with Gasteiger partial charge in [0.25, 0.3) is 11.5 Å². The number of aromatic amines is 1. The van der Waals surface area contributed by atoms with Crippen LogP contribution in [0.2, 0.25) is 0 Å². The van der Waals surface area contributed by atoms with Crippen LogP contribution in [0.1, 0.15) is 77.8 Å². The minimum absolute atomic E-state index is 0.0429. The summed E-state index contributed by atoms with van der Waals surface area (Å²) in [7, 11) is 0. The fourth-order valence-electron chi connectivity index (χ4n) is 5.29. The summed E-state index contributed by atoms with van der Waals surface area (Å²) in [6.45, 7) is 8.41. The van der Waals surface area contributed by atoms with E-state index >= 15 is 0 Å². The second kappa shape index (κ2) is 13.0. The Morgan fingerprint density at radius 3 is 2.65 bits per heavy atom. The van der Waals surface area contributed by atoms with Crippen molar-refractivity contribution in [3.63, 3.8) is 0 Å². The van der Waals surface area contributed by atoms with Gasteiger partial charge in [-0.25, -0.2) is 4.98 Å². The Kier molecular flexibility index (Phi) is 9.50. The van der Waals surface area contributed by atoms with Crippen LogP contribution in [-0.2, 0) is 13.1 Å². The number of H-pyrrole nitrogens is 1. The predicted octanol–water partition coefficient (Wildman–Crippen LogP) is 4.16. The molecule has 2 heterocycles. The molecule has 2 unspecified atom stereocenters. The highest BCUT2D eigenvalue weighted by molar-refractivity contribution is 6.05. The van der Waals surface area contributed by atoms with Gasteiger partial charge in [-0.05, 0) is 69.9 Å². The number of nitrogens with zero attached hydrogens (tertiary/aromatic N) is 1. The van der Waals surface area contributed by atoms with Gasteiger partial charge in [-0.3, -0.25) is 9.59 Å². The number of rotatable bonds is 10. The van der Waals surface area contributed by atoms with Crippen LogP contribution < -0.4 is 27.2 Å². The fourth-order valence-corrected chi connectivity index (χ4v) is 5.29. The maximum absolute atomic E-state index is 13.5. The monoisotopic (exact) mass is 543 g/mol. The molecule has 9 heteroatoms. The van der Waals surface area contributed by atoms with Crippen LogP contribution in [0.15, 0.2) is 41.2 Å². The zero-order valence-corrected chi connectivity index (χ0v) is 23.9. The number of pyridine rings is 2. The van der Waals surface area contributed by atoms with Gasteiger partial charge in [-0.1, -0.05) is 31.0 Å². The molecule has 1 aliphatic rings. The van der Waals surface area contributed by atoms with Gasteiger partial charge >= 0.3 is 0 Å². The number of amides is 1. The van der Waals surface area contributed by atoms with Crippen LogP contribution in [0.4, 0.5) is 5.82 Å². The van der Waals surface area contributed by atoms with Crippen LogP contribution >= 0.6 is 0 Å². The molecule has 0 radical (unpaired) electrons. The van der Waals surface area contributed by atoms with Crippen molar-refractivity contribution in [2.24, 2.45) is 5.73 Å². The number of anilines is 1. The lowest BCUT2D eigenvalue weighted by Gasteiger charge is -2.29. The first-order valence-corrected chi connectivity index (χ1v) is 14.0. The van der Waals surface area contributed by atoms with Crippen LogP contribution in [0.25, 0.3) is 11.3 Å². The van der Waals surface area contributed by atoms with Crippen molar-refractivity contribution < 1.29 is 4.79 Å². The predicted molar refractivity (Wildman–Crippen MR) is 161 cm³/mol. The van der Waals surface area contributed by atoms with Crippen LogP contribution in [0.5, 0.6) is 0 Å². The summed E-state index contributed by atoms with van der Waals surface area (Å²) in [6.07, 6.45) is 5.67. The number of aryl methyl sites for hydroxylation is 2. The number of carbonyl (C=O) groups is 1. The lowest BCUT2D eigenvalue weighted by Crippen LogP contribution is -2.46. The standard InChI is InChI=1S/C31H41N7O2/c1-18(2)36-29-24(15-32)23(30(39)35-17-25-19(3)12-20(4)37-31(25)40)14-28(38-29)22-9-7-8-21(13-22)16-34-27-11-6-5-10-26(27)33/h7-9,12-15,18,26-27,32,34H,5-6,10-11,16-17,33H2,1-4H3,(H,35,39)(H,36,38)(H,37,40). The molecule has 1 saturated carbocycles. The summed E-state index contributed by atoms with van der Waals surface area (Å²) in [5, 5.41) is 17.9. The maximum atomic E-state index is 13.5. The number of aromatic nitrogens is 2. The summed E-state index contributed by atoms with van der Waals surface area (Å²) in [6, 6.07) is 12.2. The largest absolute Gasteiger partial charge is 0.367 e. The smallest absolute Gasteiger partial charge is 0.253 e. The van der Waals surface area contributed by atoms with E-state index in [9.17, 15) is 9.59 Å². The van der Waals surface area contributed by atoms with Gasteiger partial charge in [0, 0.05) is 59.8 Å². The highest BCUT2D eigenvalue weighted by atomic mass is 16.1. The topological polar surface area (TPSA) is 149 Å². The Bertz CT molecular complexity index is 1430. The minimum Gasteiger partial charge on any atom is -0.367 e. The van der Waals surface area contributed by atoms with Crippen LogP contribution in [-0.4, -0.2) is 40.2 Å². The quantitative estimate of drug-likeness (QED) is 0.212. The molecule has 1 amide bonds. The summed E-state index contributed by atoms with van der Waals surface area (Å²) in [5.41, 5.74) is 11.5. The number of hydrogen-bond donors (Lipinski definition) is 6. The molecule has 2 aromatic heterocycles. The van der Waals surface area contributed by atoms with Crippen molar-refractivity contribution in [2.45, 2.75) is 84.6 Å². The van der Waals surface area contributed by atoms with Gasteiger partial charge in [0.05, 0.1) is 11.3 Å². The summed E-state index contributed by atoms with van der Waals surface area (Å²) < 4.78 is 0. The molecular formula is C31H41N7O2. The maximum Gasteiger partial charge on any atom is 0.253 e. The Labute approximate surface area is 235 Å². The van der Waals surface area contributed by atoms with E-state index in [2.05, 4.69) is 33.1 Å². The van der Waals surface area contributed by atoms with E-state index in [0.29, 0.717) is 40.8 Å². The van der Waals surface area contributed by atoms with Gasteiger partial charge in [0.2, 0.25) is 0 Å². The Morgan fingerprint density at radius 2 is 1.95 bits per heavy atom. The van der Waals surface area contributed by atoms with Crippen molar-refractivity contribution in [1.82, 2.24) is 20.6 Å². The minimum atomic E-state index is -0.377. The molecule has 0 bridgehead atoms. The molecule has 3 aromatic rings. The molecule has 40 heavy (non-hydrogen) atoms. The third kappa shape index (κ3) is 7.03. The average Bonchev–Trinajstić information content (AvgIpc) is 2.91. The molecule has 1 aliphatic carbocycles. The van der Waals surface area contributed by atoms with Crippen molar-refractivity contribution in [2.75, 3.05) is 5.32 Å². The van der Waals surface area contributed by atoms with E-state index in [4.69, 9.17) is 16.1 Å². The lowest BCUT2D eigenvalue weighted by atomic mass is 9.91. The van der Waals surface area contributed by atoms with Gasteiger partial charge in [-0.15, -0.1) is 0 Å². The van der Waals surface area contributed by atoms with Crippen molar-refractivity contribution >= 4 is 17.9 Å². The Balaban J connectivity index is 1.63. The molecule has 1 fully saturated rings. The van der Waals surface area contributed by atoms with E-state index in [1.807, 2.05) is 45.9 Å². The van der Waals surface area contributed by atoms with E-state index in [0.717, 1.165) is 41.4 Å². The normalized spacial score (nSPS) is 17.1. The first-order chi connectivity index (χ1) is 19.2. The zero-order chi connectivity index (χ0) is 28.8. The highest BCUT2D eigenvalue weighted by Crippen LogP contribution is 2.27. The highest BCUT2D eigenvalue weighted by Gasteiger charge is 2.22. The van der Waals surface area contributed by atoms with E-state index in [-0.39, 0.29) is 30.1 Å². The van der Waals surface area contributed by atoms with E-state index in [1.54, 1.807) is 6.07 Å². The number of nitrogens with two attached hydrogens (primary N) is 1. The molecule has 212 valence electrons. The molecule has 9 nitrogen and oxygen atoms in total. The summed E-state index contributed by atoms with van der Waals surface area (Å²) >= 11 is 0. The van der Waals surface area contributed by atoms with Crippen molar-refractivity contribution in [1.29, 1.82) is 5.41 Å². The van der Waals surface area contributed by atoms with E-state index in [1.165, 1.54) is 12.8 Å². The Morgan fingerprint density at radius 1 is 1.18 bits per heavy atom. The number of benzene rings is 1. The van der Waals surface area contributed by atoms with E-state index < -0.39 is 0 Å². The van der Waals surface area contributed by atoms with Crippen LogP contribution in [0.3, 0.4) is 0 Å². The van der Waals surface area contributed by atoms with Crippen molar-refractivity contribution in [3.8, 4) is 11.3 Å².